The number of carbonyl (C=O) groups is 2. The fourth-order valence-electron chi connectivity index (χ4n) is 3.92. The molecule has 1 unspecified atom stereocenters. The van der Waals surface area contributed by atoms with Gasteiger partial charge in [-0.1, -0.05) is 18.2 Å². The molecule has 2 saturated heterocycles. The van der Waals surface area contributed by atoms with E-state index in [1.54, 1.807) is 6.20 Å². The number of halogens is 7. The summed E-state index contributed by atoms with van der Waals surface area (Å²) in [6.45, 7) is 4.16. The van der Waals surface area contributed by atoms with Crippen molar-refractivity contribution >= 4 is 11.9 Å². The van der Waals surface area contributed by atoms with Crippen LogP contribution in [0.5, 0.6) is 0 Å². The molecule has 0 bridgehead atoms. The van der Waals surface area contributed by atoms with E-state index >= 15 is 0 Å². The summed E-state index contributed by atoms with van der Waals surface area (Å²) in [6.07, 6.45) is -3.35. The highest BCUT2D eigenvalue weighted by molar-refractivity contribution is 5.73. The highest BCUT2D eigenvalue weighted by Gasteiger charge is 2.43. The van der Waals surface area contributed by atoms with Gasteiger partial charge in [0.05, 0.1) is 24.9 Å². The third-order valence-corrected chi connectivity index (χ3v) is 5.96. The molecule has 8 nitrogen and oxygen atoms in total. The Kier molecular flexibility index (Phi) is 11.8. The lowest BCUT2D eigenvalue weighted by atomic mass is 9.88. The van der Waals surface area contributed by atoms with Gasteiger partial charge in [0.15, 0.2) is 0 Å². The molecule has 0 aliphatic carbocycles. The van der Waals surface area contributed by atoms with Crippen LogP contribution in [0.15, 0.2) is 48.8 Å². The Hall–Kier alpha value is -3.30. The Morgan fingerprint density at radius 1 is 0.975 bits per heavy atom. The third-order valence-electron chi connectivity index (χ3n) is 5.96. The molecule has 0 amide bonds. The largest absolute Gasteiger partial charge is 0.490 e. The molecule has 1 aromatic carbocycles. The minimum Gasteiger partial charge on any atom is -0.475 e. The van der Waals surface area contributed by atoms with Gasteiger partial charge in [0, 0.05) is 38.4 Å². The second kappa shape index (κ2) is 14.4. The van der Waals surface area contributed by atoms with Crippen LogP contribution >= 0.6 is 0 Å². The SMILES string of the molecule is Fc1ccc(CN2CCC3(CC2)CC(OCc2cccnc2)CO3)cc1.O=C(O)C(F)(F)F.O=C(O)C(F)(F)F. The van der Waals surface area contributed by atoms with E-state index < -0.39 is 24.3 Å². The lowest BCUT2D eigenvalue weighted by Gasteiger charge is -2.38. The molecule has 4 rings (SSSR count). The van der Waals surface area contributed by atoms with Crippen molar-refractivity contribution in [3.8, 4) is 0 Å². The molecule has 1 spiro atoms. The number of piperidine rings is 1. The number of aromatic nitrogens is 1. The smallest absolute Gasteiger partial charge is 0.475 e. The number of rotatable bonds is 5. The fraction of sp³-hybridized carbons (Fsp3) is 0.480. The van der Waals surface area contributed by atoms with Gasteiger partial charge in [-0.25, -0.2) is 14.0 Å². The molecule has 3 heterocycles. The number of nitrogens with zero attached hydrogens (tertiary/aromatic N) is 2. The standard InChI is InChI=1S/C21H25FN2O2.2C2HF3O2/c22-19-5-3-17(4-6-19)14-24-10-7-21(8-11-24)12-20(16-26-21)25-15-18-2-1-9-23-13-18;2*3-2(4,5)1(6)7/h1-6,9,13,20H,7-8,10-12,14-16H2;2*(H,6,7). The molecule has 2 aromatic rings. The van der Waals surface area contributed by atoms with E-state index in [0.717, 1.165) is 50.0 Å². The second-order valence-electron chi connectivity index (χ2n) is 9.00. The zero-order valence-corrected chi connectivity index (χ0v) is 20.9. The van der Waals surface area contributed by atoms with E-state index in [1.807, 2.05) is 30.5 Å². The topological polar surface area (TPSA) is 109 Å². The van der Waals surface area contributed by atoms with Gasteiger partial charge < -0.3 is 19.7 Å². The highest BCUT2D eigenvalue weighted by atomic mass is 19.4. The Morgan fingerprint density at radius 2 is 1.52 bits per heavy atom. The maximum Gasteiger partial charge on any atom is 0.490 e. The predicted octanol–water partition coefficient (Wildman–Crippen LogP) is 4.83. The number of alkyl halides is 6. The zero-order chi connectivity index (χ0) is 30.0. The van der Waals surface area contributed by atoms with Crippen LogP contribution in [0.2, 0.25) is 0 Å². The quantitative estimate of drug-likeness (QED) is 0.482. The molecule has 40 heavy (non-hydrogen) atoms. The summed E-state index contributed by atoms with van der Waals surface area (Å²) in [5, 5.41) is 14.2. The number of aliphatic carboxylic acids is 2. The first-order chi connectivity index (χ1) is 18.6. The number of ether oxygens (including phenoxy) is 2. The van der Waals surface area contributed by atoms with Gasteiger partial charge >= 0.3 is 24.3 Å². The van der Waals surface area contributed by atoms with E-state index in [4.69, 9.17) is 29.3 Å². The first-order valence-corrected chi connectivity index (χ1v) is 11.8. The van der Waals surface area contributed by atoms with Crippen molar-refractivity contribution in [1.29, 1.82) is 0 Å². The predicted molar refractivity (Wildman–Crippen MR) is 124 cm³/mol. The summed E-state index contributed by atoms with van der Waals surface area (Å²) in [5.74, 6) is -5.69. The van der Waals surface area contributed by atoms with Crippen molar-refractivity contribution in [2.45, 2.75) is 56.5 Å². The number of carboxylic acids is 2. The first-order valence-electron chi connectivity index (χ1n) is 11.8. The van der Waals surface area contributed by atoms with Crippen LogP contribution in [-0.2, 0) is 32.2 Å². The normalized spacial score (nSPS) is 18.7. The van der Waals surface area contributed by atoms with Crippen LogP contribution in [0.25, 0.3) is 0 Å². The van der Waals surface area contributed by atoms with Gasteiger partial charge in [-0.05, 0) is 42.2 Å². The van der Waals surface area contributed by atoms with Crippen molar-refractivity contribution in [2.24, 2.45) is 0 Å². The Bertz CT molecular complexity index is 1050. The fourth-order valence-corrected chi connectivity index (χ4v) is 3.92. The minimum atomic E-state index is -5.08. The maximum atomic E-state index is 13.0. The van der Waals surface area contributed by atoms with Crippen LogP contribution in [-0.4, -0.2) is 75.8 Å². The van der Waals surface area contributed by atoms with E-state index in [1.165, 1.54) is 12.1 Å². The lowest BCUT2D eigenvalue weighted by Crippen LogP contribution is -2.43. The molecule has 2 aliphatic heterocycles. The Labute approximate surface area is 224 Å². The molecule has 1 aromatic heterocycles. The third kappa shape index (κ3) is 11.4. The van der Waals surface area contributed by atoms with Gasteiger partial charge in [0.2, 0.25) is 0 Å². The molecule has 0 radical (unpaired) electrons. The second-order valence-corrected chi connectivity index (χ2v) is 9.00. The van der Waals surface area contributed by atoms with Gasteiger partial charge in [0.25, 0.3) is 0 Å². The van der Waals surface area contributed by atoms with E-state index in [-0.39, 0.29) is 17.5 Å². The Morgan fingerprint density at radius 3 is 2.00 bits per heavy atom. The summed E-state index contributed by atoms with van der Waals surface area (Å²) in [5.41, 5.74) is 2.23. The summed E-state index contributed by atoms with van der Waals surface area (Å²) >= 11 is 0. The van der Waals surface area contributed by atoms with Crippen LogP contribution in [0.3, 0.4) is 0 Å². The zero-order valence-electron chi connectivity index (χ0n) is 20.9. The maximum absolute atomic E-state index is 13.0. The van der Waals surface area contributed by atoms with Crippen molar-refractivity contribution < 1.29 is 60.0 Å². The molecule has 15 heteroatoms. The van der Waals surface area contributed by atoms with Crippen molar-refractivity contribution in [3.63, 3.8) is 0 Å². The van der Waals surface area contributed by atoms with E-state index in [9.17, 15) is 30.7 Å². The van der Waals surface area contributed by atoms with Crippen LogP contribution in [0, 0.1) is 5.82 Å². The summed E-state index contributed by atoms with van der Waals surface area (Å²) < 4.78 is 88.7. The summed E-state index contributed by atoms with van der Waals surface area (Å²) in [4.78, 5) is 24.3. The molecular formula is C25H27F7N2O6. The number of carboxylic acid groups (broad SMARTS) is 2. The number of likely N-dealkylation sites (tertiary alicyclic amines) is 1. The molecular weight excluding hydrogens is 557 g/mol. The minimum absolute atomic E-state index is 0.0289. The average molecular weight is 584 g/mol. The van der Waals surface area contributed by atoms with Crippen molar-refractivity contribution in [2.75, 3.05) is 19.7 Å². The van der Waals surface area contributed by atoms with E-state index in [0.29, 0.717) is 13.2 Å². The highest BCUT2D eigenvalue weighted by Crippen LogP contribution is 2.37. The van der Waals surface area contributed by atoms with Crippen molar-refractivity contribution in [3.05, 3.63) is 65.7 Å². The van der Waals surface area contributed by atoms with Gasteiger partial charge in [0.1, 0.15) is 5.82 Å². The number of hydrogen-bond acceptors (Lipinski definition) is 6. The lowest BCUT2D eigenvalue weighted by molar-refractivity contribution is -0.193. The van der Waals surface area contributed by atoms with Gasteiger partial charge in [-0.15, -0.1) is 0 Å². The summed E-state index contributed by atoms with van der Waals surface area (Å²) in [6, 6.07) is 10.8. The number of hydrogen-bond donors (Lipinski definition) is 2. The molecule has 2 aliphatic rings. The monoisotopic (exact) mass is 584 g/mol. The van der Waals surface area contributed by atoms with Crippen molar-refractivity contribution in [1.82, 2.24) is 9.88 Å². The Balaban J connectivity index is 0.000000333. The molecule has 2 fully saturated rings. The van der Waals surface area contributed by atoms with Crippen LogP contribution < -0.4 is 0 Å². The molecule has 1 atom stereocenters. The first kappa shape index (κ1) is 32.9. The molecule has 2 N–H and O–H groups in total. The molecule has 0 saturated carbocycles. The average Bonchev–Trinajstić information content (AvgIpc) is 3.28. The number of pyridine rings is 1. The van der Waals surface area contributed by atoms with Gasteiger partial charge in [-0.2, -0.15) is 26.3 Å². The summed E-state index contributed by atoms with van der Waals surface area (Å²) in [7, 11) is 0. The van der Waals surface area contributed by atoms with Gasteiger partial charge in [-0.3, -0.25) is 9.88 Å². The van der Waals surface area contributed by atoms with E-state index in [2.05, 4.69) is 9.88 Å². The van der Waals surface area contributed by atoms with Crippen LogP contribution in [0.4, 0.5) is 30.7 Å². The molecule has 222 valence electrons. The number of benzene rings is 1. The van der Waals surface area contributed by atoms with Crippen LogP contribution in [0.1, 0.15) is 30.4 Å².